The van der Waals surface area contributed by atoms with E-state index in [1.807, 2.05) is 58.0 Å². The first-order valence-electron chi connectivity index (χ1n) is 10.3. The van der Waals surface area contributed by atoms with Crippen molar-refractivity contribution < 1.29 is 9.18 Å². The van der Waals surface area contributed by atoms with E-state index in [1.54, 1.807) is 6.92 Å². The van der Waals surface area contributed by atoms with E-state index in [1.165, 1.54) is 9.58 Å². The number of anilines is 1. The van der Waals surface area contributed by atoms with Crippen LogP contribution in [0.2, 0.25) is 0 Å². The number of aromatic nitrogens is 2. The Labute approximate surface area is 183 Å². The SMILES string of the molecule is CC.CC.Cc1nn(CC(=O)N2CCC(F)C2)c(N)c1/C(Cl)=C(\N)c1ccccc1. The van der Waals surface area contributed by atoms with Gasteiger partial charge in [0.25, 0.3) is 0 Å². The van der Waals surface area contributed by atoms with Crippen LogP contribution in [0.3, 0.4) is 0 Å². The van der Waals surface area contributed by atoms with E-state index in [-0.39, 0.29) is 29.8 Å². The fourth-order valence-corrected chi connectivity index (χ4v) is 3.39. The number of nitrogens with zero attached hydrogens (tertiary/aromatic N) is 3. The largest absolute Gasteiger partial charge is 0.397 e. The number of aryl methyl sites for hydroxylation is 1. The van der Waals surface area contributed by atoms with E-state index in [4.69, 9.17) is 23.1 Å². The van der Waals surface area contributed by atoms with Crippen LogP contribution in [0, 0.1) is 6.92 Å². The number of rotatable bonds is 4. The lowest BCUT2D eigenvalue weighted by Crippen LogP contribution is -2.32. The average molecular weight is 438 g/mol. The Hall–Kier alpha value is -2.54. The summed E-state index contributed by atoms with van der Waals surface area (Å²) in [5.41, 5.74) is 14.6. The van der Waals surface area contributed by atoms with E-state index in [0.717, 1.165) is 5.56 Å². The minimum atomic E-state index is -0.964. The maximum Gasteiger partial charge on any atom is 0.244 e. The highest BCUT2D eigenvalue weighted by molar-refractivity contribution is 6.53. The lowest BCUT2D eigenvalue weighted by molar-refractivity contribution is -0.131. The normalized spacial score (nSPS) is 16.1. The van der Waals surface area contributed by atoms with Gasteiger partial charge in [0.15, 0.2) is 0 Å². The Morgan fingerprint density at radius 2 is 1.83 bits per heavy atom. The quantitative estimate of drug-likeness (QED) is 0.740. The van der Waals surface area contributed by atoms with Crippen LogP contribution in [0.5, 0.6) is 0 Å². The number of hydrogen-bond donors (Lipinski definition) is 2. The lowest BCUT2D eigenvalue weighted by Gasteiger charge is -2.15. The molecule has 0 spiro atoms. The Bertz CT molecular complexity index is 851. The molecule has 2 heterocycles. The highest BCUT2D eigenvalue weighted by Gasteiger charge is 2.27. The molecule has 166 valence electrons. The van der Waals surface area contributed by atoms with Gasteiger partial charge in [0, 0.05) is 6.54 Å². The number of nitrogens with two attached hydrogens (primary N) is 2. The first-order chi connectivity index (χ1) is 14.4. The molecule has 1 aromatic carbocycles. The molecule has 0 bridgehead atoms. The van der Waals surface area contributed by atoms with Gasteiger partial charge >= 0.3 is 0 Å². The van der Waals surface area contributed by atoms with Gasteiger partial charge in [0.2, 0.25) is 5.91 Å². The molecule has 0 saturated carbocycles. The molecule has 30 heavy (non-hydrogen) atoms. The first kappa shape index (κ1) is 25.5. The molecule has 0 aliphatic carbocycles. The van der Waals surface area contributed by atoms with Crippen molar-refractivity contribution in [3.8, 4) is 0 Å². The molecule has 0 radical (unpaired) electrons. The smallest absolute Gasteiger partial charge is 0.244 e. The van der Waals surface area contributed by atoms with Gasteiger partial charge in [-0.25, -0.2) is 9.07 Å². The molecule has 1 aliphatic heterocycles. The summed E-state index contributed by atoms with van der Waals surface area (Å²) in [6.45, 7) is 10.2. The molecule has 3 rings (SSSR count). The van der Waals surface area contributed by atoms with Crippen molar-refractivity contribution in [1.82, 2.24) is 14.7 Å². The van der Waals surface area contributed by atoms with Crippen molar-refractivity contribution in [1.29, 1.82) is 0 Å². The number of carbonyl (C=O) groups excluding carboxylic acids is 1. The van der Waals surface area contributed by atoms with Crippen LogP contribution >= 0.6 is 11.6 Å². The predicted octanol–water partition coefficient (Wildman–Crippen LogP) is 4.42. The third-order valence-electron chi connectivity index (χ3n) is 4.48. The number of benzene rings is 1. The second-order valence-electron chi connectivity index (χ2n) is 6.32. The molecule has 4 N–H and O–H groups in total. The van der Waals surface area contributed by atoms with Gasteiger partial charge in [-0.1, -0.05) is 69.6 Å². The molecule has 2 aromatic rings. The highest BCUT2D eigenvalue weighted by Crippen LogP contribution is 2.32. The molecule has 1 aromatic heterocycles. The van der Waals surface area contributed by atoms with Gasteiger partial charge in [0.1, 0.15) is 18.5 Å². The summed E-state index contributed by atoms with van der Waals surface area (Å²) in [5.74, 6) is 0.0396. The van der Waals surface area contributed by atoms with Crippen molar-refractivity contribution in [2.45, 2.75) is 53.8 Å². The van der Waals surface area contributed by atoms with Crippen LogP contribution in [0.1, 0.15) is 50.9 Å². The second kappa shape index (κ2) is 12.2. The number of amides is 1. The molecule has 6 nitrogen and oxygen atoms in total. The topological polar surface area (TPSA) is 90.2 Å². The summed E-state index contributed by atoms with van der Waals surface area (Å²) in [4.78, 5) is 13.8. The first-order valence-corrected chi connectivity index (χ1v) is 10.7. The molecule has 8 heteroatoms. The van der Waals surface area contributed by atoms with Crippen molar-refractivity contribution in [2.24, 2.45) is 5.73 Å². The monoisotopic (exact) mass is 437 g/mol. The number of carbonyl (C=O) groups is 1. The minimum Gasteiger partial charge on any atom is -0.397 e. The fourth-order valence-electron chi connectivity index (χ4n) is 3.04. The summed E-state index contributed by atoms with van der Waals surface area (Å²) >= 11 is 6.47. The van der Waals surface area contributed by atoms with E-state index in [2.05, 4.69) is 5.10 Å². The summed E-state index contributed by atoms with van der Waals surface area (Å²) in [5, 5.41) is 4.60. The molecule has 1 aliphatic rings. The van der Waals surface area contributed by atoms with Gasteiger partial charge in [-0.05, 0) is 18.9 Å². The molecular weight excluding hydrogens is 405 g/mol. The van der Waals surface area contributed by atoms with Crippen LogP contribution in [-0.4, -0.2) is 39.8 Å². The highest BCUT2D eigenvalue weighted by atomic mass is 35.5. The summed E-state index contributed by atoms with van der Waals surface area (Å²) in [6, 6.07) is 9.29. The van der Waals surface area contributed by atoms with Crippen LogP contribution in [0.4, 0.5) is 10.2 Å². The Balaban J connectivity index is 0.00000106. The third kappa shape index (κ3) is 5.98. The van der Waals surface area contributed by atoms with Gasteiger partial charge in [-0.2, -0.15) is 5.10 Å². The fraction of sp³-hybridized carbons (Fsp3) is 0.455. The van der Waals surface area contributed by atoms with E-state index < -0.39 is 6.17 Å². The molecule has 1 atom stereocenters. The van der Waals surface area contributed by atoms with E-state index in [0.29, 0.717) is 29.9 Å². The summed E-state index contributed by atoms with van der Waals surface area (Å²) in [7, 11) is 0. The van der Waals surface area contributed by atoms with Crippen LogP contribution in [0.25, 0.3) is 10.7 Å². The molecule has 1 saturated heterocycles. The second-order valence-corrected chi connectivity index (χ2v) is 6.70. The van der Waals surface area contributed by atoms with Crippen molar-refractivity contribution in [3.63, 3.8) is 0 Å². The molecule has 1 fully saturated rings. The number of likely N-dealkylation sites (tertiary alicyclic amines) is 1. The van der Waals surface area contributed by atoms with Gasteiger partial charge in [-0.3, -0.25) is 4.79 Å². The Morgan fingerprint density at radius 3 is 2.37 bits per heavy atom. The van der Waals surface area contributed by atoms with Gasteiger partial charge < -0.3 is 16.4 Å². The average Bonchev–Trinajstić information content (AvgIpc) is 3.33. The predicted molar refractivity (Wildman–Crippen MR) is 123 cm³/mol. The maximum absolute atomic E-state index is 13.3. The van der Waals surface area contributed by atoms with Gasteiger partial charge in [-0.15, -0.1) is 0 Å². The third-order valence-corrected chi connectivity index (χ3v) is 4.87. The van der Waals surface area contributed by atoms with Crippen molar-refractivity contribution in [3.05, 3.63) is 47.2 Å². The standard InChI is InChI=1S/C18H21ClFN5O.2C2H6/c1-11-15(16(19)17(21)12-5-3-2-4-6-12)18(22)25(23-11)10-14(26)24-8-7-13(20)9-24;2*1-2/h2-6,13H,7-10,21-22H2,1H3;2*1-2H3/b17-16+;;. The van der Waals surface area contributed by atoms with Crippen LogP contribution in [0.15, 0.2) is 30.3 Å². The van der Waals surface area contributed by atoms with Crippen molar-refractivity contribution in [2.75, 3.05) is 18.8 Å². The van der Waals surface area contributed by atoms with Crippen molar-refractivity contribution >= 4 is 34.1 Å². The Morgan fingerprint density at radius 1 is 1.23 bits per heavy atom. The maximum atomic E-state index is 13.3. The number of nitrogen functional groups attached to an aromatic ring is 1. The van der Waals surface area contributed by atoms with E-state index >= 15 is 0 Å². The zero-order valence-corrected chi connectivity index (χ0v) is 19.2. The summed E-state index contributed by atoms with van der Waals surface area (Å²) in [6.07, 6.45) is -0.596. The minimum absolute atomic E-state index is 0.0607. The van der Waals surface area contributed by atoms with E-state index in [9.17, 15) is 9.18 Å². The molecule has 1 amide bonds. The zero-order chi connectivity index (χ0) is 22.8. The number of hydrogen-bond acceptors (Lipinski definition) is 4. The number of alkyl halides is 1. The van der Waals surface area contributed by atoms with Crippen LogP contribution in [-0.2, 0) is 11.3 Å². The lowest BCUT2D eigenvalue weighted by atomic mass is 10.1. The van der Waals surface area contributed by atoms with Crippen LogP contribution < -0.4 is 11.5 Å². The summed E-state index contributed by atoms with van der Waals surface area (Å²) < 4.78 is 14.7. The molecular formula is C22H33ClFN5O. The molecule has 1 unspecified atom stereocenters. The zero-order valence-electron chi connectivity index (χ0n) is 18.5. The Kier molecular flexibility index (Phi) is 10.4. The van der Waals surface area contributed by atoms with Gasteiger partial charge in [0.05, 0.1) is 28.5 Å². The number of halogens is 2.